The molecule has 0 aliphatic rings. The van der Waals surface area contributed by atoms with Crippen LogP contribution in [0.15, 0.2) is 65.0 Å². The molecule has 4 aromatic rings. The normalized spacial score (nSPS) is 11.2. The van der Waals surface area contributed by atoms with E-state index in [0.717, 1.165) is 11.1 Å². The Morgan fingerprint density at radius 3 is 2.50 bits per heavy atom. The molecule has 0 radical (unpaired) electrons. The van der Waals surface area contributed by atoms with Gasteiger partial charge in [0.25, 0.3) is 5.56 Å². The van der Waals surface area contributed by atoms with Gasteiger partial charge in [-0.1, -0.05) is 38.1 Å². The van der Waals surface area contributed by atoms with E-state index >= 15 is 0 Å². The Morgan fingerprint density at radius 1 is 1.13 bits per heavy atom. The summed E-state index contributed by atoms with van der Waals surface area (Å²) in [7, 11) is 0. The molecule has 0 saturated carbocycles. The van der Waals surface area contributed by atoms with Crippen LogP contribution in [0.1, 0.15) is 25.3 Å². The Balaban J connectivity index is 1.55. The van der Waals surface area contributed by atoms with Gasteiger partial charge in [-0.15, -0.1) is 11.3 Å². The molecule has 0 atom stereocenters. The van der Waals surface area contributed by atoms with Gasteiger partial charge in [-0.05, 0) is 41.3 Å². The van der Waals surface area contributed by atoms with Crippen LogP contribution >= 0.6 is 11.3 Å². The molecule has 0 aliphatic heterocycles. The van der Waals surface area contributed by atoms with Crippen molar-refractivity contribution in [1.82, 2.24) is 9.55 Å². The monoisotopic (exact) mass is 421 g/mol. The Bertz CT molecular complexity index is 1260. The van der Waals surface area contributed by atoms with E-state index in [9.17, 15) is 14.0 Å². The first-order valence-electron chi connectivity index (χ1n) is 9.55. The van der Waals surface area contributed by atoms with E-state index < -0.39 is 0 Å². The first-order chi connectivity index (χ1) is 14.4. The highest BCUT2D eigenvalue weighted by atomic mass is 32.1. The van der Waals surface area contributed by atoms with Gasteiger partial charge in [0.15, 0.2) is 0 Å². The van der Waals surface area contributed by atoms with Gasteiger partial charge in [-0.2, -0.15) is 0 Å². The van der Waals surface area contributed by atoms with Crippen LogP contribution in [-0.4, -0.2) is 15.5 Å². The van der Waals surface area contributed by atoms with Crippen LogP contribution in [-0.2, 0) is 11.3 Å². The summed E-state index contributed by atoms with van der Waals surface area (Å²) in [6, 6.07) is 13.7. The lowest BCUT2D eigenvalue weighted by atomic mass is 10.0. The second kappa shape index (κ2) is 8.20. The van der Waals surface area contributed by atoms with Crippen molar-refractivity contribution in [2.75, 3.05) is 5.32 Å². The van der Waals surface area contributed by atoms with Gasteiger partial charge in [-0.25, -0.2) is 9.37 Å². The number of carbonyl (C=O) groups is 1. The van der Waals surface area contributed by atoms with Crippen molar-refractivity contribution in [3.63, 3.8) is 0 Å². The fourth-order valence-electron chi connectivity index (χ4n) is 3.20. The smallest absolute Gasteiger partial charge is 0.271 e. The molecule has 0 unspecified atom stereocenters. The average Bonchev–Trinajstić information content (AvgIpc) is 3.16. The molecular weight excluding hydrogens is 401 g/mol. The Hall–Kier alpha value is -3.32. The molecule has 5 nitrogen and oxygen atoms in total. The van der Waals surface area contributed by atoms with Crippen LogP contribution in [0.2, 0.25) is 0 Å². The maximum absolute atomic E-state index is 13.2. The highest BCUT2D eigenvalue weighted by Gasteiger charge is 2.14. The summed E-state index contributed by atoms with van der Waals surface area (Å²) >= 11 is 1.27. The van der Waals surface area contributed by atoms with Crippen molar-refractivity contribution in [3.8, 4) is 11.1 Å². The number of rotatable bonds is 5. The lowest BCUT2D eigenvalue weighted by Crippen LogP contribution is -2.27. The number of hydrogen-bond acceptors (Lipinski definition) is 4. The molecular formula is C23H20FN3O2S. The minimum absolute atomic E-state index is 0.127. The molecule has 0 saturated heterocycles. The summed E-state index contributed by atoms with van der Waals surface area (Å²) in [6.07, 6.45) is 1.38. The van der Waals surface area contributed by atoms with Crippen LogP contribution in [0.25, 0.3) is 21.3 Å². The summed E-state index contributed by atoms with van der Waals surface area (Å²) < 4.78 is 14.9. The van der Waals surface area contributed by atoms with E-state index in [1.54, 1.807) is 12.1 Å². The standard InChI is InChI=1S/C23H20FN3O2S/c1-14(2)15-5-9-18(10-6-15)26-20(28)11-27-13-25-21-19(12-30-22(21)23(27)29)16-3-7-17(24)8-4-16/h3-10,12-14H,11H2,1-2H3,(H,26,28). The second-order valence-corrected chi connectivity index (χ2v) is 8.22. The Morgan fingerprint density at radius 2 is 1.83 bits per heavy atom. The zero-order valence-corrected chi connectivity index (χ0v) is 17.4. The predicted octanol–water partition coefficient (Wildman–Crippen LogP) is 5.03. The van der Waals surface area contributed by atoms with Gasteiger partial charge in [-0.3, -0.25) is 14.2 Å². The number of anilines is 1. The van der Waals surface area contributed by atoms with Crippen molar-refractivity contribution < 1.29 is 9.18 Å². The molecule has 0 bridgehead atoms. The predicted molar refractivity (Wildman–Crippen MR) is 118 cm³/mol. The zero-order chi connectivity index (χ0) is 21.3. The fraction of sp³-hybridized carbons (Fsp3) is 0.174. The SMILES string of the molecule is CC(C)c1ccc(NC(=O)Cn2cnc3c(-c4ccc(F)cc4)csc3c2=O)cc1. The number of amides is 1. The molecule has 152 valence electrons. The van der Waals surface area contributed by atoms with E-state index in [2.05, 4.69) is 24.1 Å². The quantitative estimate of drug-likeness (QED) is 0.492. The largest absolute Gasteiger partial charge is 0.325 e. The second-order valence-electron chi connectivity index (χ2n) is 7.34. The average molecular weight is 421 g/mol. The molecule has 30 heavy (non-hydrogen) atoms. The van der Waals surface area contributed by atoms with Crippen LogP contribution in [0.4, 0.5) is 10.1 Å². The third-order valence-electron chi connectivity index (χ3n) is 4.88. The van der Waals surface area contributed by atoms with E-state index in [1.807, 2.05) is 29.6 Å². The van der Waals surface area contributed by atoms with Gasteiger partial charge in [0.2, 0.25) is 5.91 Å². The number of hydrogen-bond donors (Lipinski definition) is 1. The highest BCUT2D eigenvalue weighted by molar-refractivity contribution is 7.17. The molecule has 7 heteroatoms. The number of nitrogens with zero attached hydrogens (tertiary/aromatic N) is 2. The summed E-state index contributed by atoms with van der Waals surface area (Å²) in [6.45, 7) is 4.09. The van der Waals surface area contributed by atoms with Crippen molar-refractivity contribution in [3.05, 3.63) is 82.0 Å². The third kappa shape index (κ3) is 4.02. The molecule has 2 aromatic carbocycles. The maximum atomic E-state index is 13.2. The molecule has 4 rings (SSSR count). The van der Waals surface area contributed by atoms with Crippen molar-refractivity contribution in [2.45, 2.75) is 26.3 Å². The first-order valence-corrected chi connectivity index (χ1v) is 10.4. The lowest BCUT2D eigenvalue weighted by molar-refractivity contribution is -0.116. The molecule has 0 spiro atoms. The lowest BCUT2D eigenvalue weighted by Gasteiger charge is -2.09. The van der Waals surface area contributed by atoms with E-state index in [4.69, 9.17) is 0 Å². The third-order valence-corrected chi connectivity index (χ3v) is 5.83. The first kappa shape index (κ1) is 20.0. The Labute approximate surface area is 176 Å². The van der Waals surface area contributed by atoms with Crippen LogP contribution < -0.4 is 10.9 Å². The van der Waals surface area contributed by atoms with E-state index in [0.29, 0.717) is 21.8 Å². The van der Waals surface area contributed by atoms with Crippen LogP contribution in [0.3, 0.4) is 0 Å². The van der Waals surface area contributed by atoms with Crippen LogP contribution in [0, 0.1) is 5.82 Å². The number of halogens is 1. The van der Waals surface area contributed by atoms with Crippen molar-refractivity contribution in [2.24, 2.45) is 0 Å². The molecule has 1 N–H and O–H groups in total. The van der Waals surface area contributed by atoms with Crippen molar-refractivity contribution >= 4 is 33.1 Å². The summed E-state index contributed by atoms with van der Waals surface area (Å²) in [4.78, 5) is 29.6. The van der Waals surface area contributed by atoms with Gasteiger partial charge < -0.3 is 5.32 Å². The summed E-state index contributed by atoms with van der Waals surface area (Å²) in [5, 5.41) is 4.64. The molecule has 1 amide bonds. The molecule has 0 aliphatic carbocycles. The highest BCUT2D eigenvalue weighted by Crippen LogP contribution is 2.30. The molecule has 2 heterocycles. The fourth-order valence-corrected chi connectivity index (χ4v) is 4.17. The van der Waals surface area contributed by atoms with Gasteiger partial charge in [0.1, 0.15) is 17.1 Å². The van der Waals surface area contributed by atoms with E-state index in [-0.39, 0.29) is 23.8 Å². The number of benzene rings is 2. The van der Waals surface area contributed by atoms with Gasteiger partial charge >= 0.3 is 0 Å². The minimum Gasteiger partial charge on any atom is -0.325 e. The summed E-state index contributed by atoms with van der Waals surface area (Å²) in [5.74, 6) is -0.207. The minimum atomic E-state index is -0.321. The number of thiophene rings is 1. The van der Waals surface area contributed by atoms with Gasteiger partial charge in [0.05, 0.1) is 11.8 Å². The maximum Gasteiger partial charge on any atom is 0.271 e. The zero-order valence-electron chi connectivity index (χ0n) is 16.6. The van der Waals surface area contributed by atoms with E-state index in [1.165, 1.54) is 39.9 Å². The Kier molecular flexibility index (Phi) is 5.46. The number of carbonyl (C=O) groups excluding carboxylic acids is 1. The number of nitrogens with one attached hydrogen (secondary N) is 1. The molecule has 2 aromatic heterocycles. The topological polar surface area (TPSA) is 64.0 Å². The number of fused-ring (bicyclic) bond motifs is 1. The summed E-state index contributed by atoms with van der Waals surface area (Å²) in [5.41, 5.74) is 3.71. The number of aromatic nitrogens is 2. The molecule has 0 fully saturated rings. The van der Waals surface area contributed by atoms with Gasteiger partial charge in [0, 0.05) is 16.6 Å². The van der Waals surface area contributed by atoms with Crippen molar-refractivity contribution in [1.29, 1.82) is 0 Å². The van der Waals surface area contributed by atoms with Crippen LogP contribution in [0.5, 0.6) is 0 Å².